The van der Waals surface area contributed by atoms with Crippen LogP contribution in [0.2, 0.25) is 5.02 Å². The maximum absolute atomic E-state index is 10.7. The lowest BCUT2D eigenvalue weighted by molar-refractivity contribution is -0.0266. The normalized spacial score (nSPS) is 14.3. The lowest BCUT2D eigenvalue weighted by Crippen LogP contribution is -2.37. The van der Waals surface area contributed by atoms with Crippen molar-refractivity contribution >= 4 is 17.6 Å². The smallest absolute Gasteiger partial charge is 0.335 e. The standard InChI is InChI=1S/C13H17ClO4/c1-8(2)13(3,17)7-18-11-5-4-9(12(15)16)6-10(11)14/h4-6,8,17H,7H2,1-3H3,(H,15,16). The van der Waals surface area contributed by atoms with Crippen LogP contribution >= 0.6 is 11.6 Å². The number of hydrogen-bond donors (Lipinski definition) is 2. The molecule has 0 bridgehead atoms. The van der Waals surface area contributed by atoms with Crippen molar-refractivity contribution in [2.24, 2.45) is 5.92 Å². The van der Waals surface area contributed by atoms with Gasteiger partial charge in [0.2, 0.25) is 0 Å². The van der Waals surface area contributed by atoms with Gasteiger partial charge in [0.1, 0.15) is 12.4 Å². The van der Waals surface area contributed by atoms with Gasteiger partial charge in [0.15, 0.2) is 0 Å². The SMILES string of the molecule is CC(C)C(C)(O)COc1ccc(C(=O)O)cc1Cl. The van der Waals surface area contributed by atoms with Crippen LogP contribution in [0, 0.1) is 5.92 Å². The molecule has 1 unspecified atom stereocenters. The molecule has 0 aliphatic carbocycles. The second kappa shape index (κ2) is 5.59. The largest absolute Gasteiger partial charge is 0.489 e. The fraction of sp³-hybridized carbons (Fsp3) is 0.462. The Morgan fingerprint density at radius 1 is 1.50 bits per heavy atom. The van der Waals surface area contributed by atoms with Gasteiger partial charge in [-0.15, -0.1) is 0 Å². The zero-order valence-electron chi connectivity index (χ0n) is 10.6. The molecule has 0 aliphatic heterocycles. The van der Waals surface area contributed by atoms with Crippen LogP contribution < -0.4 is 4.74 Å². The molecule has 0 spiro atoms. The highest BCUT2D eigenvalue weighted by atomic mass is 35.5. The average molecular weight is 273 g/mol. The van der Waals surface area contributed by atoms with Gasteiger partial charge in [0.05, 0.1) is 16.2 Å². The number of benzene rings is 1. The summed E-state index contributed by atoms with van der Waals surface area (Å²) < 4.78 is 5.42. The van der Waals surface area contributed by atoms with Crippen molar-refractivity contribution in [2.45, 2.75) is 26.4 Å². The summed E-state index contributed by atoms with van der Waals surface area (Å²) in [5.74, 6) is -0.644. The molecule has 1 rings (SSSR count). The highest BCUT2D eigenvalue weighted by molar-refractivity contribution is 6.32. The van der Waals surface area contributed by atoms with E-state index in [2.05, 4.69) is 0 Å². The van der Waals surface area contributed by atoms with Crippen LogP contribution in [0.25, 0.3) is 0 Å². The Labute approximate surface area is 111 Å². The molecule has 0 aliphatic rings. The van der Waals surface area contributed by atoms with E-state index in [1.807, 2.05) is 13.8 Å². The molecule has 0 heterocycles. The number of aliphatic hydroxyl groups is 1. The van der Waals surface area contributed by atoms with Crippen molar-refractivity contribution in [3.8, 4) is 5.75 Å². The van der Waals surface area contributed by atoms with Crippen LogP contribution in [0.4, 0.5) is 0 Å². The third-order valence-corrected chi connectivity index (χ3v) is 3.24. The van der Waals surface area contributed by atoms with Gasteiger partial charge >= 0.3 is 5.97 Å². The molecule has 0 saturated heterocycles. The Bertz CT molecular complexity index is 441. The van der Waals surface area contributed by atoms with E-state index in [0.29, 0.717) is 5.75 Å². The predicted octanol–water partition coefficient (Wildman–Crippen LogP) is 2.82. The third kappa shape index (κ3) is 3.62. The van der Waals surface area contributed by atoms with Crippen LogP contribution in [0.5, 0.6) is 5.75 Å². The van der Waals surface area contributed by atoms with Crippen molar-refractivity contribution < 1.29 is 19.7 Å². The molecule has 2 N–H and O–H groups in total. The van der Waals surface area contributed by atoms with E-state index in [0.717, 1.165) is 0 Å². The summed E-state index contributed by atoms with van der Waals surface area (Å²) >= 11 is 5.91. The number of ether oxygens (including phenoxy) is 1. The first-order chi connectivity index (χ1) is 8.24. The first kappa shape index (κ1) is 14.8. The van der Waals surface area contributed by atoms with Crippen LogP contribution in [0.1, 0.15) is 31.1 Å². The third-order valence-electron chi connectivity index (χ3n) is 2.94. The minimum Gasteiger partial charge on any atom is -0.489 e. The van der Waals surface area contributed by atoms with Gasteiger partial charge in [-0.1, -0.05) is 25.4 Å². The van der Waals surface area contributed by atoms with E-state index >= 15 is 0 Å². The van der Waals surface area contributed by atoms with Crippen molar-refractivity contribution in [3.05, 3.63) is 28.8 Å². The Kier molecular flexibility index (Phi) is 4.59. The molecular weight excluding hydrogens is 256 g/mol. The lowest BCUT2D eigenvalue weighted by atomic mass is 9.94. The average Bonchev–Trinajstić information content (AvgIpc) is 2.26. The first-order valence-corrected chi connectivity index (χ1v) is 6.00. The van der Waals surface area contributed by atoms with Crippen LogP contribution in [-0.4, -0.2) is 28.4 Å². The van der Waals surface area contributed by atoms with E-state index in [4.69, 9.17) is 21.4 Å². The second-order valence-corrected chi connectivity index (χ2v) is 5.16. The fourth-order valence-electron chi connectivity index (χ4n) is 1.14. The van der Waals surface area contributed by atoms with Gasteiger partial charge < -0.3 is 14.9 Å². The highest BCUT2D eigenvalue weighted by Crippen LogP contribution is 2.27. The number of halogens is 1. The summed E-state index contributed by atoms with van der Waals surface area (Å²) in [5.41, 5.74) is -0.864. The van der Waals surface area contributed by atoms with Crippen LogP contribution in [0.3, 0.4) is 0 Å². The summed E-state index contributed by atoms with van der Waals surface area (Å²) in [5, 5.41) is 19.0. The number of hydrogen-bond acceptors (Lipinski definition) is 3. The Hall–Kier alpha value is -1.26. The lowest BCUT2D eigenvalue weighted by Gasteiger charge is -2.27. The van der Waals surface area contributed by atoms with Crippen molar-refractivity contribution in [2.75, 3.05) is 6.61 Å². The summed E-state index contributed by atoms with van der Waals surface area (Å²) in [4.78, 5) is 10.7. The Morgan fingerprint density at radius 3 is 2.56 bits per heavy atom. The maximum atomic E-state index is 10.7. The molecular formula is C13H17ClO4. The van der Waals surface area contributed by atoms with Gasteiger partial charge in [-0.3, -0.25) is 0 Å². The van der Waals surface area contributed by atoms with Gasteiger partial charge in [-0.05, 0) is 31.0 Å². The number of aromatic carboxylic acids is 1. The zero-order valence-corrected chi connectivity index (χ0v) is 11.4. The molecule has 0 fully saturated rings. The van der Waals surface area contributed by atoms with Crippen molar-refractivity contribution in [1.82, 2.24) is 0 Å². The van der Waals surface area contributed by atoms with E-state index < -0.39 is 11.6 Å². The first-order valence-electron chi connectivity index (χ1n) is 5.62. The molecule has 5 heteroatoms. The monoisotopic (exact) mass is 272 g/mol. The molecule has 0 radical (unpaired) electrons. The molecule has 1 aromatic rings. The molecule has 1 aromatic carbocycles. The number of carboxylic acids is 1. The van der Waals surface area contributed by atoms with Gasteiger partial charge in [-0.2, -0.15) is 0 Å². The number of carbonyl (C=O) groups is 1. The number of carboxylic acid groups (broad SMARTS) is 1. The molecule has 100 valence electrons. The minimum absolute atomic E-state index is 0.0366. The molecule has 0 aromatic heterocycles. The second-order valence-electron chi connectivity index (χ2n) is 4.75. The predicted molar refractivity (Wildman–Crippen MR) is 69.4 cm³/mol. The topological polar surface area (TPSA) is 66.8 Å². The maximum Gasteiger partial charge on any atom is 0.335 e. The molecule has 1 atom stereocenters. The van der Waals surface area contributed by atoms with E-state index in [1.54, 1.807) is 6.92 Å². The molecule has 0 amide bonds. The Balaban J connectivity index is 2.78. The number of rotatable bonds is 5. The van der Waals surface area contributed by atoms with Crippen LogP contribution in [0.15, 0.2) is 18.2 Å². The summed E-state index contributed by atoms with van der Waals surface area (Å²) in [6.07, 6.45) is 0. The van der Waals surface area contributed by atoms with Gasteiger partial charge in [0.25, 0.3) is 0 Å². The van der Waals surface area contributed by atoms with Gasteiger partial charge in [0, 0.05) is 0 Å². The van der Waals surface area contributed by atoms with Gasteiger partial charge in [-0.25, -0.2) is 4.79 Å². The fourth-order valence-corrected chi connectivity index (χ4v) is 1.38. The van der Waals surface area contributed by atoms with Crippen molar-refractivity contribution in [1.29, 1.82) is 0 Å². The minimum atomic E-state index is -1.04. The van der Waals surface area contributed by atoms with E-state index in [9.17, 15) is 9.90 Å². The highest BCUT2D eigenvalue weighted by Gasteiger charge is 2.26. The quantitative estimate of drug-likeness (QED) is 0.865. The Morgan fingerprint density at radius 2 is 2.11 bits per heavy atom. The molecule has 0 saturated carbocycles. The summed E-state index contributed by atoms with van der Waals surface area (Å²) in [6, 6.07) is 4.22. The van der Waals surface area contributed by atoms with E-state index in [1.165, 1.54) is 18.2 Å². The zero-order chi connectivity index (χ0) is 13.9. The molecule has 18 heavy (non-hydrogen) atoms. The van der Waals surface area contributed by atoms with Crippen LogP contribution in [-0.2, 0) is 0 Å². The van der Waals surface area contributed by atoms with E-state index in [-0.39, 0.29) is 23.1 Å². The summed E-state index contributed by atoms with van der Waals surface area (Å²) in [7, 11) is 0. The van der Waals surface area contributed by atoms with Crippen molar-refractivity contribution in [3.63, 3.8) is 0 Å². The molecule has 4 nitrogen and oxygen atoms in total. The summed E-state index contributed by atoms with van der Waals surface area (Å²) in [6.45, 7) is 5.55.